The molecule has 11 aliphatic rings. The molecule has 7 atom stereocenters. The van der Waals surface area contributed by atoms with Crippen molar-refractivity contribution in [1.82, 2.24) is 19.5 Å². The van der Waals surface area contributed by atoms with Crippen LogP contribution in [0.3, 0.4) is 0 Å². The summed E-state index contributed by atoms with van der Waals surface area (Å²) < 4.78 is 25.8. The predicted molar refractivity (Wildman–Crippen MR) is 204 cm³/mol. The molecule has 0 N–H and O–H groups in total. The smallest absolute Gasteiger partial charge is 0.294 e. The van der Waals surface area contributed by atoms with E-state index in [2.05, 4.69) is 50.0 Å². The average molecular weight is 697 g/mol. The maximum atomic E-state index is 16.5. The number of hydrogen-bond donors (Lipinski definition) is 0. The Bertz CT molecular complexity index is 2640. The third-order valence-corrected chi connectivity index (χ3v) is 17.3. The Morgan fingerprint density at radius 3 is 2.23 bits per heavy atom. The minimum atomic E-state index is -0.454. The van der Waals surface area contributed by atoms with Crippen LogP contribution < -0.4 is 21.1 Å². The van der Waals surface area contributed by atoms with E-state index in [4.69, 9.17) is 14.7 Å². The SMILES string of the molecule is CC(C)(C)c1cc2c3c(c1)-n1c(F)nc4ccc5c(c41)B3c1c(cc3c(c1O2)C1CC2CC4CC3CC42C1)-c1nc2c(nc1-5)C1CC3CC(CC2C3)C1. The molecule has 5 saturated carbocycles. The largest absolute Gasteiger partial charge is 0.458 e. The quantitative estimate of drug-likeness (QED) is 0.149. The summed E-state index contributed by atoms with van der Waals surface area (Å²) in [5.74, 6) is 7.47. The van der Waals surface area contributed by atoms with E-state index in [1.807, 2.05) is 10.6 Å². The van der Waals surface area contributed by atoms with Gasteiger partial charge in [0.2, 0.25) is 0 Å². The van der Waals surface area contributed by atoms with Gasteiger partial charge in [0.1, 0.15) is 11.5 Å². The average Bonchev–Trinajstić information content (AvgIpc) is 3.62. The van der Waals surface area contributed by atoms with Crippen LogP contribution in [0.1, 0.15) is 137 Å². The van der Waals surface area contributed by atoms with E-state index in [-0.39, 0.29) is 12.1 Å². The van der Waals surface area contributed by atoms with Crippen molar-refractivity contribution in [3.8, 4) is 39.7 Å². The number of imidazole rings is 1. The molecule has 5 aromatic rings. The Labute approximate surface area is 309 Å². The highest BCUT2D eigenvalue weighted by molar-refractivity contribution is 7.01. The van der Waals surface area contributed by atoms with Crippen LogP contribution in [0.2, 0.25) is 0 Å². The number of benzene rings is 3. The Kier molecular flexibility index (Phi) is 4.62. The molecular weight excluding hydrogens is 654 g/mol. The Balaban J connectivity index is 1.12. The van der Waals surface area contributed by atoms with Gasteiger partial charge in [-0.05, 0) is 168 Å². The Hall–Kier alpha value is -4.00. The minimum Gasteiger partial charge on any atom is -0.458 e. The molecule has 3 aromatic carbocycles. The van der Waals surface area contributed by atoms with E-state index >= 15 is 4.39 Å². The summed E-state index contributed by atoms with van der Waals surface area (Å²) in [5, 5.41) is 0. The second kappa shape index (κ2) is 8.61. The van der Waals surface area contributed by atoms with Crippen molar-refractivity contribution in [3.05, 3.63) is 64.5 Å². The first-order valence-corrected chi connectivity index (χ1v) is 20.9. The lowest BCUT2D eigenvalue weighted by atomic mass is 9.33. The van der Waals surface area contributed by atoms with Crippen LogP contribution in [0.15, 0.2) is 30.3 Å². The van der Waals surface area contributed by atoms with Gasteiger partial charge in [-0.25, -0.2) is 15.0 Å². The van der Waals surface area contributed by atoms with E-state index in [1.54, 1.807) is 5.56 Å². The van der Waals surface area contributed by atoms with E-state index in [0.717, 1.165) is 85.3 Å². The number of ether oxygens (including phenoxy) is 1. The van der Waals surface area contributed by atoms with Crippen LogP contribution >= 0.6 is 0 Å². The second-order valence-electron chi connectivity index (χ2n) is 20.6. The first-order valence-electron chi connectivity index (χ1n) is 20.9. The topological polar surface area (TPSA) is 52.8 Å². The molecule has 0 saturated heterocycles. The van der Waals surface area contributed by atoms with Crippen LogP contribution in [0.4, 0.5) is 4.39 Å². The number of aromatic nitrogens is 4. The predicted octanol–water partition coefficient (Wildman–Crippen LogP) is 8.62. The maximum Gasteiger partial charge on any atom is 0.294 e. The first-order chi connectivity index (χ1) is 25.7. The van der Waals surface area contributed by atoms with Crippen molar-refractivity contribution in [2.24, 2.45) is 29.1 Å². The van der Waals surface area contributed by atoms with Crippen LogP contribution in [0, 0.1) is 35.2 Å². The van der Waals surface area contributed by atoms with Gasteiger partial charge in [0.25, 0.3) is 12.8 Å². The van der Waals surface area contributed by atoms with Gasteiger partial charge < -0.3 is 4.74 Å². The summed E-state index contributed by atoms with van der Waals surface area (Å²) in [6.45, 7) is 6.65. The van der Waals surface area contributed by atoms with Crippen LogP contribution in [0.5, 0.6) is 11.5 Å². The molecule has 2 aromatic heterocycles. The van der Waals surface area contributed by atoms with E-state index in [0.29, 0.717) is 29.1 Å². The Morgan fingerprint density at radius 2 is 1.47 bits per heavy atom. The third-order valence-electron chi connectivity index (χ3n) is 17.3. The minimum absolute atomic E-state index is 0.104. The third kappa shape index (κ3) is 3.10. The lowest BCUT2D eigenvalue weighted by Crippen LogP contribution is -2.59. The van der Waals surface area contributed by atoms with Gasteiger partial charge >= 0.3 is 0 Å². The lowest BCUT2D eigenvalue weighted by Gasteiger charge is -2.48. The molecule has 0 amide bonds. The fraction of sp³-hybridized carbons (Fsp3) is 0.500. The van der Waals surface area contributed by atoms with Crippen molar-refractivity contribution in [1.29, 1.82) is 0 Å². The van der Waals surface area contributed by atoms with Gasteiger partial charge in [0.05, 0.1) is 33.8 Å². The van der Waals surface area contributed by atoms with Crippen LogP contribution in [-0.2, 0) is 5.41 Å². The number of nitrogens with zero attached hydrogens (tertiary/aromatic N) is 4. The fourth-order valence-electron chi connectivity index (χ4n) is 15.5. The fourth-order valence-corrected chi connectivity index (χ4v) is 15.5. The van der Waals surface area contributed by atoms with Crippen molar-refractivity contribution in [3.63, 3.8) is 0 Å². The zero-order valence-electron chi connectivity index (χ0n) is 30.7. The molecule has 7 heteroatoms. The first kappa shape index (κ1) is 28.4. The molecule has 8 aliphatic carbocycles. The number of fused-ring (bicyclic) bond motifs is 10. The lowest BCUT2D eigenvalue weighted by molar-refractivity contribution is 0.00321. The van der Waals surface area contributed by atoms with Gasteiger partial charge in [-0.1, -0.05) is 26.8 Å². The number of hydrogen-bond acceptors (Lipinski definition) is 4. The molecule has 5 fully saturated rings. The highest BCUT2D eigenvalue weighted by atomic mass is 19.1. The molecular formula is C46H42BFN4O. The van der Waals surface area contributed by atoms with Crippen LogP contribution in [-0.4, -0.2) is 26.2 Å². The molecule has 3 aliphatic heterocycles. The molecule has 16 rings (SSSR count). The molecule has 7 bridgehead atoms. The van der Waals surface area contributed by atoms with E-state index in [9.17, 15) is 0 Å². The van der Waals surface area contributed by atoms with E-state index < -0.39 is 6.08 Å². The highest BCUT2D eigenvalue weighted by Gasteiger charge is 2.66. The van der Waals surface area contributed by atoms with Crippen molar-refractivity contribution < 1.29 is 9.13 Å². The zero-order valence-corrected chi connectivity index (χ0v) is 30.7. The van der Waals surface area contributed by atoms with Gasteiger partial charge in [0, 0.05) is 28.7 Å². The van der Waals surface area contributed by atoms with Crippen LogP contribution in [0.25, 0.3) is 39.2 Å². The molecule has 0 radical (unpaired) electrons. The van der Waals surface area contributed by atoms with Gasteiger partial charge in [-0.15, -0.1) is 0 Å². The van der Waals surface area contributed by atoms with Crippen molar-refractivity contribution in [2.45, 2.75) is 114 Å². The second-order valence-corrected chi connectivity index (χ2v) is 20.6. The van der Waals surface area contributed by atoms with Crippen molar-refractivity contribution >= 4 is 34.1 Å². The van der Waals surface area contributed by atoms with E-state index in [1.165, 1.54) is 92.2 Å². The summed E-state index contributed by atoms with van der Waals surface area (Å²) in [5.41, 5.74) is 17.6. The molecule has 53 heavy (non-hydrogen) atoms. The maximum absolute atomic E-state index is 16.5. The van der Waals surface area contributed by atoms with Crippen molar-refractivity contribution in [2.75, 3.05) is 0 Å². The number of halogens is 1. The zero-order chi connectivity index (χ0) is 34.6. The van der Waals surface area contributed by atoms with Gasteiger partial charge in [0.15, 0.2) is 0 Å². The summed E-state index contributed by atoms with van der Waals surface area (Å²) in [6.07, 6.45) is 12.7. The monoisotopic (exact) mass is 696 g/mol. The molecule has 7 unspecified atom stereocenters. The Morgan fingerprint density at radius 1 is 0.755 bits per heavy atom. The standard InChI is InChI=1S/C46H42BFN4O/c1-45(2,3)25-14-32-37-33(15-25)53-43-34-24-12-27-13-26-11-23(17-46(26,27)18-24)29(34)16-30-36(43)47(37)35-28(4-5-31-42(35)52(32)44(48)49-31)40-41(30)51-39-22-9-19-6-20(10-22)8-21(7-19)38(39)50-40/h4-5,14-16,19-24,26-27H,6-13,17-18H2,1-3H3. The number of rotatable bonds is 0. The van der Waals surface area contributed by atoms with Gasteiger partial charge in [-0.3, -0.25) is 4.57 Å². The van der Waals surface area contributed by atoms with Gasteiger partial charge in [-0.2, -0.15) is 4.39 Å². The summed E-state index contributed by atoms with van der Waals surface area (Å²) >= 11 is 0. The molecule has 5 nitrogen and oxygen atoms in total. The molecule has 5 heterocycles. The summed E-state index contributed by atoms with van der Waals surface area (Å²) in [7, 11) is 0. The summed E-state index contributed by atoms with van der Waals surface area (Å²) in [6, 6.07) is 11.4. The molecule has 262 valence electrons. The normalized spacial score (nSPS) is 34.2. The summed E-state index contributed by atoms with van der Waals surface area (Å²) in [4.78, 5) is 16.4. The molecule has 1 spiro atoms. The highest BCUT2D eigenvalue weighted by Crippen LogP contribution is 2.76.